The Morgan fingerprint density at radius 2 is 1.79 bits per heavy atom. The van der Waals surface area contributed by atoms with E-state index in [0.29, 0.717) is 48.2 Å². The van der Waals surface area contributed by atoms with Crippen molar-refractivity contribution < 1.29 is 32.7 Å². The number of anilines is 5. The summed E-state index contributed by atoms with van der Waals surface area (Å²) < 4.78 is 48.8. The van der Waals surface area contributed by atoms with E-state index in [0.717, 1.165) is 12.8 Å². The Morgan fingerprint density at radius 3 is 2.49 bits per heavy atom. The first-order valence-corrected chi connectivity index (χ1v) is 14.5. The van der Waals surface area contributed by atoms with E-state index in [4.69, 9.17) is 9.94 Å². The van der Waals surface area contributed by atoms with Crippen molar-refractivity contribution in [3.63, 3.8) is 0 Å². The molecule has 2 aromatic carbocycles. The number of nitrogens with one attached hydrogen (secondary N) is 4. The Morgan fingerprint density at radius 1 is 1.05 bits per heavy atom. The summed E-state index contributed by atoms with van der Waals surface area (Å²) in [5.74, 6) is -1.03. The van der Waals surface area contributed by atoms with E-state index >= 15 is 0 Å². The van der Waals surface area contributed by atoms with Crippen molar-refractivity contribution in [1.82, 2.24) is 20.8 Å². The summed E-state index contributed by atoms with van der Waals surface area (Å²) in [6.45, 7) is 0.429. The molecule has 0 fully saturated rings. The van der Waals surface area contributed by atoms with Crippen LogP contribution in [0.15, 0.2) is 48.7 Å². The van der Waals surface area contributed by atoms with E-state index in [-0.39, 0.29) is 24.0 Å². The number of amides is 2. The number of unbranched alkanes of at least 4 members (excludes halogenated alkanes) is 3. The third kappa shape index (κ3) is 9.64. The number of rotatable bonds is 15. The predicted octanol–water partition coefficient (Wildman–Crippen LogP) is 5.89. The number of hydrogen-bond donors (Lipinski definition) is 5. The lowest BCUT2D eigenvalue weighted by Crippen LogP contribution is -2.24. The van der Waals surface area contributed by atoms with Crippen LogP contribution in [0, 0.1) is 0 Å². The molecular weight excluding hydrogens is 587 g/mol. The highest BCUT2D eigenvalue weighted by Gasteiger charge is 2.35. The molecule has 3 aromatic rings. The van der Waals surface area contributed by atoms with Gasteiger partial charge < -0.3 is 25.0 Å². The molecule has 5 N–H and O–H groups in total. The van der Waals surface area contributed by atoms with Crippen LogP contribution in [0.3, 0.4) is 0 Å². The van der Waals surface area contributed by atoms with Crippen LogP contribution < -0.4 is 30.5 Å². The smallest absolute Gasteiger partial charge is 0.421 e. The Hall–Kier alpha value is -4.24. The maximum absolute atomic E-state index is 13.8. The molecular formula is C28H34F3N7O4S. The van der Waals surface area contributed by atoms with E-state index in [2.05, 4.69) is 25.9 Å². The molecule has 0 radical (unpaired) electrons. The monoisotopic (exact) mass is 621 g/mol. The largest absolute Gasteiger partial charge is 0.495 e. The van der Waals surface area contributed by atoms with Crippen LogP contribution in [-0.4, -0.2) is 53.9 Å². The molecule has 0 saturated carbocycles. The highest BCUT2D eigenvalue weighted by atomic mass is 32.2. The van der Waals surface area contributed by atoms with Crippen LogP contribution in [0.5, 0.6) is 5.75 Å². The van der Waals surface area contributed by atoms with E-state index in [1.165, 1.54) is 25.1 Å². The van der Waals surface area contributed by atoms with Gasteiger partial charge in [0.15, 0.2) is 0 Å². The number of alkyl halides is 3. The summed E-state index contributed by atoms with van der Waals surface area (Å²) in [7, 11) is 3.20. The summed E-state index contributed by atoms with van der Waals surface area (Å²) in [6, 6.07) is 11.5. The fourth-order valence-electron chi connectivity index (χ4n) is 4.00. The molecule has 232 valence electrons. The lowest BCUT2D eigenvalue weighted by Gasteiger charge is -2.21. The van der Waals surface area contributed by atoms with Crippen molar-refractivity contribution in [3.8, 4) is 5.75 Å². The molecule has 3 rings (SSSR count). The summed E-state index contributed by atoms with van der Waals surface area (Å²) in [5, 5.41) is 17.0. The van der Waals surface area contributed by atoms with Gasteiger partial charge in [-0.2, -0.15) is 18.2 Å². The second-order valence-corrected chi connectivity index (χ2v) is 10.2. The number of carbonyl (C=O) groups excluding carboxylic acids is 2. The fraction of sp³-hybridized carbons (Fsp3) is 0.357. The minimum atomic E-state index is -4.70. The van der Waals surface area contributed by atoms with Crippen molar-refractivity contribution in [2.75, 3.05) is 41.9 Å². The van der Waals surface area contributed by atoms with Crippen molar-refractivity contribution in [3.05, 3.63) is 59.8 Å². The van der Waals surface area contributed by atoms with Crippen molar-refractivity contribution in [2.45, 2.75) is 38.3 Å². The minimum Gasteiger partial charge on any atom is -0.495 e. The first kappa shape index (κ1) is 33.3. The summed E-state index contributed by atoms with van der Waals surface area (Å²) in [6.07, 6.45) is 1.01. The maximum atomic E-state index is 13.8. The SMILES string of the molecule is COc1cc(C(=O)NCCCCCCC(=O)NO)ccc1Nc1ncc(C(F)(F)F)c(Nc2ccccc2N(C)SC)n1. The molecule has 0 aliphatic rings. The Labute approximate surface area is 251 Å². The molecule has 0 atom stereocenters. The Balaban J connectivity index is 1.72. The van der Waals surface area contributed by atoms with Gasteiger partial charge in [-0.05, 0) is 43.2 Å². The quantitative estimate of drug-likeness (QED) is 0.0604. The zero-order valence-corrected chi connectivity index (χ0v) is 24.7. The van der Waals surface area contributed by atoms with Crippen molar-refractivity contribution in [1.29, 1.82) is 0 Å². The van der Waals surface area contributed by atoms with Crippen LogP contribution >= 0.6 is 11.9 Å². The molecule has 0 unspecified atom stereocenters. The number of ether oxygens (including phenoxy) is 1. The molecule has 1 aromatic heterocycles. The second-order valence-electron chi connectivity index (χ2n) is 9.27. The van der Waals surface area contributed by atoms with Gasteiger partial charge >= 0.3 is 6.18 Å². The second kappa shape index (κ2) is 15.8. The van der Waals surface area contributed by atoms with Crippen LogP contribution in [0.25, 0.3) is 0 Å². The number of halogens is 3. The van der Waals surface area contributed by atoms with Gasteiger partial charge in [-0.25, -0.2) is 10.5 Å². The molecule has 0 saturated heterocycles. The fourth-order valence-corrected chi connectivity index (χ4v) is 4.36. The Bertz CT molecular complexity index is 1390. The highest BCUT2D eigenvalue weighted by Crippen LogP contribution is 2.38. The summed E-state index contributed by atoms with van der Waals surface area (Å²) in [5.41, 5.74) is 2.32. The number of methoxy groups -OCH3 is 1. The van der Waals surface area contributed by atoms with Crippen LogP contribution in [-0.2, 0) is 11.0 Å². The number of hydrogen-bond acceptors (Lipinski definition) is 10. The van der Waals surface area contributed by atoms with Gasteiger partial charge in [-0.1, -0.05) is 36.9 Å². The first-order valence-electron chi connectivity index (χ1n) is 13.3. The zero-order chi connectivity index (χ0) is 31.4. The third-order valence-corrected chi connectivity index (χ3v) is 7.06. The van der Waals surface area contributed by atoms with Crippen LogP contribution in [0.1, 0.15) is 48.0 Å². The van der Waals surface area contributed by atoms with Gasteiger partial charge in [-0.3, -0.25) is 14.8 Å². The average Bonchev–Trinajstić information content (AvgIpc) is 2.99. The van der Waals surface area contributed by atoms with Gasteiger partial charge in [0.25, 0.3) is 5.91 Å². The van der Waals surface area contributed by atoms with Crippen LogP contribution in [0.4, 0.5) is 42.0 Å². The normalized spacial score (nSPS) is 11.0. The molecule has 2 amide bonds. The molecule has 1 heterocycles. The molecule has 0 aliphatic heterocycles. The standard InChI is InChI=1S/C28H34F3N7O4S/c1-38(43-3)22-11-8-7-10-20(22)34-25-19(28(29,30)31)17-33-27(36-25)35-21-14-13-18(16-23(21)42-2)26(40)32-15-9-5-4-6-12-24(39)37-41/h7-8,10-11,13-14,16-17,41H,4-6,9,12,15H2,1-3H3,(H,32,40)(H,37,39)(H2,33,34,35,36). The molecule has 0 bridgehead atoms. The molecule has 0 aliphatic carbocycles. The molecule has 43 heavy (non-hydrogen) atoms. The molecule has 15 heteroatoms. The Kier molecular flexibility index (Phi) is 12.3. The first-order chi connectivity index (χ1) is 20.6. The average molecular weight is 622 g/mol. The minimum absolute atomic E-state index is 0.113. The molecule has 0 spiro atoms. The van der Waals surface area contributed by atoms with Gasteiger partial charge in [-0.15, -0.1) is 0 Å². The highest BCUT2D eigenvalue weighted by molar-refractivity contribution is 7.99. The van der Waals surface area contributed by atoms with Gasteiger partial charge in [0.2, 0.25) is 11.9 Å². The van der Waals surface area contributed by atoms with E-state index < -0.39 is 23.5 Å². The lowest BCUT2D eigenvalue weighted by atomic mass is 10.1. The summed E-state index contributed by atoms with van der Waals surface area (Å²) >= 11 is 1.40. The number of hydroxylamine groups is 1. The number of aromatic nitrogens is 2. The van der Waals surface area contributed by atoms with Crippen LogP contribution in [0.2, 0.25) is 0 Å². The number of nitrogens with zero attached hydrogens (tertiary/aromatic N) is 3. The van der Waals surface area contributed by atoms with Gasteiger partial charge in [0.05, 0.1) is 24.2 Å². The van der Waals surface area contributed by atoms with E-state index in [1.807, 2.05) is 6.26 Å². The number of carbonyl (C=O) groups is 2. The van der Waals surface area contributed by atoms with E-state index in [9.17, 15) is 22.8 Å². The topological polar surface area (TPSA) is 141 Å². The van der Waals surface area contributed by atoms with Gasteiger partial charge in [0.1, 0.15) is 17.1 Å². The molecule has 11 nitrogen and oxygen atoms in total. The van der Waals surface area contributed by atoms with Crippen molar-refractivity contribution >= 4 is 52.6 Å². The zero-order valence-electron chi connectivity index (χ0n) is 23.9. The number of benzene rings is 2. The third-order valence-electron chi connectivity index (χ3n) is 6.32. The lowest BCUT2D eigenvalue weighted by molar-refractivity contribution is -0.137. The summed E-state index contributed by atoms with van der Waals surface area (Å²) in [4.78, 5) is 31.6. The van der Waals surface area contributed by atoms with Crippen molar-refractivity contribution in [2.24, 2.45) is 0 Å². The van der Waals surface area contributed by atoms with Gasteiger partial charge in [0, 0.05) is 38.0 Å². The number of para-hydroxylation sites is 2. The maximum Gasteiger partial charge on any atom is 0.421 e. The van der Waals surface area contributed by atoms with E-state index in [1.54, 1.807) is 53.2 Å². The predicted molar refractivity (Wildman–Crippen MR) is 160 cm³/mol.